The number of aryl methyl sites for hydroxylation is 1. The van der Waals surface area contributed by atoms with Gasteiger partial charge in [-0.05, 0) is 48.7 Å². The molecule has 8 heteroatoms. The van der Waals surface area contributed by atoms with Gasteiger partial charge in [0.05, 0.1) is 10.9 Å². The fourth-order valence-electron chi connectivity index (χ4n) is 3.52. The molecule has 0 fully saturated rings. The Morgan fingerprint density at radius 1 is 0.971 bits per heavy atom. The van der Waals surface area contributed by atoms with Gasteiger partial charge in [-0.3, -0.25) is 4.79 Å². The molecule has 0 unspecified atom stereocenters. The van der Waals surface area contributed by atoms with E-state index in [4.69, 9.17) is 13.9 Å². The highest BCUT2D eigenvalue weighted by Crippen LogP contribution is 2.40. The Bertz CT molecular complexity index is 1450. The summed E-state index contributed by atoms with van der Waals surface area (Å²) in [5.41, 5.74) is 0.469. The fraction of sp³-hybridized carbons (Fsp3) is 0.185. The number of hydrogen-bond acceptors (Lipinski definition) is 5. The molecule has 0 saturated carbocycles. The molecule has 0 aliphatic heterocycles. The summed E-state index contributed by atoms with van der Waals surface area (Å²) in [5.74, 6) is -3.23. The fourth-order valence-corrected chi connectivity index (χ4v) is 3.52. The second kappa shape index (κ2) is 9.29. The Kier molecular flexibility index (Phi) is 6.39. The van der Waals surface area contributed by atoms with Crippen LogP contribution in [0, 0.1) is 6.92 Å². The first-order valence-electron chi connectivity index (χ1n) is 10.8. The molecule has 0 aliphatic carbocycles. The smallest absolute Gasteiger partial charge is 0.449 e. The van der Waals surface area contributed by atoms with E-state index in [1.54, 1.807) is 42.5 Å². The number of hydrogen-bond donors (Lipinski definition) is 0. The van der Waals surface area contributed by atoms with Gasteiger partial charge in [0.15, 0.2) is 0 Å². The molecule has 0 saturated heterocycles. The molecule has 0 bridgehead atoms. The largest absolute Gasteiger partial charge is 0.453 e. The number of alkyl halides is 3. The zero-order valence-corrected chi connectivity index (χ0v) is 19.1. The second-order valence-corrected chi connectivity index (χ2v) is 8.30. The van der Waals surface area contributed by atoms with E-state index in [-0.39, 0.29) is 33.9 Å². The third-order valence-electron chi connectivity index (χ3n) is 5.33. The van der Waals surface area contributed by atoms with Crippen LogP contribution in [0.25, 0.3) is 11.0 Å². The Labute approximate surface area is 198 Å². The Morgan fingerprint density at radius 2 is 1.66 bits per heavy atom. The van der Waals surface area contributed by atoms with E-state index in [9.17, 15) is 22.8 Å². The summed E-state index contributed by atoms with van der Waals surface area (Å²) in [7, 11) is 0. The maximum Gasteiger partial charge on any atom is 0.453 e. The second-order valence-electron chi connectivity index (χ2n) is 8.30. The third-order valence-corrected chi connectivity index (χ3v) is 5.33. The van der Waals surface area contributed by atoms with Crippen LogP contribution in [0.5, 0.6) is 17.2 Å². The zero-order chi connectivity index (χ0) is 25.3. The number of para-hydroxylation sites is 1. The molecule has 35 heavy (non-hydrogen) atoms. The van der Waals surface area contributed by atoms with E-state index >= 15 is 0 Å². The molecule has 0 radical (unpaired) electrons. The van der Waals surface area contributed by atoms with Gasteiger partial charge < -0.3 is 13.9 Å². The van der Waals surface area contributed by atoms with Gasteiger partial charge in [-0.15, -0.1) is 0 Å². The van der Waals surface area contributed by atoms with Crippen LogP contribution < -0.4 is 14.9 Å². The molecule has 0 spiro atoms. The van der Waals surface area contributed by atoms with E-state index in [1.165, 1.54) is 18.2 Å². The Hall–Kier alpha value is -4.07. The van der Waals surface area contributed by atoms with Crippen molar-refractivity contribution in [3.8, 4) is 17.2 Å². The first-order chi connectivity index (χ1) is 16.5. The molecule has 0 atom stereocenters. The predicted octanol–water partition coefficient (Wildman–Crippen LogP) is 7.26. The number of benzene rings is 3. The average Bonchev–Trinajstić information content (AvgIpc) is 2.80. The lowest BCUT2D eigenvalue weighted by Gasteiger charge is -2.16. The Balaban J connectivity index is 1.77. The molecule has 4 rings (SSSR count). The first kappa shape index (κ1) is 24.1. The van der Waals surface area contributed by atoms with Crippen LogP contribution in [0.2, 0.25) is 0 Å². The lowest BCUT2D eigenvalue weighted by atomic mass is 10.0. The van der Waals surface area contributed by atoms with Gasteiger partial charge in [0.2, 0.25) is 11.2 Å². The first-order valence-corrected chi connectivity index (χ1v) is 10.8. The number of esters is 1. The minimum absolute atomic E-state index is 0.0567. The maximum atomic E-state index is 13.9. The molecule has 0 amide bonds. The predicted molar refractivity (Wildman–Crippen MR) is 124 cm³/mol. The number of halogens is 3. The summed E-state index contributed by atoms with van der Waals surface area (Å²) >= 11 is 0. The summed E-state index contributed by atoms with van der Waals surface area (Å²) in [6.45, 7) is 5.57. The number of carbonyl (C=O) groups is 1. The number of rotatable bonds is 5. The zero-order valence-electron chi connectivity index (χ0n) is 19.1. The van der Waals surface area contributed by atoms with Crippen molar-refractivity contribution < 1.29 is 31.9 Å². The van der Waals surface area contributed by atoms with E-state index in [2.05, 4.69) is 0 Å². The van der Waals surface area contributed by atoms with Gasteiger partial charge in [-0.1, -0.05) is 49.7 Å². The lowest BCUT2D eigenvalue weighted by Crippen LogP contribution is -2.16. The van der Waals surface area contributed by atoms with E-state index in [1.807, 2.05) is 20.8 Å². The number of fused-ring (bicyclic) bond motifs is 1. The highest BCUT2D eigenvalue weighted by atomic mass is 19.4. The molecule has 5 nitrogen and oxygen atoms in total. The van der Waals surface area contributed by atoms with Gasteiger partial charge in [0.25, 0.3) is 5.76 Å². The van der Waals surface area contributed by atoms with Crippen molar-refractivity contribution in [2.75, 3.05) is 0 Å². The molecular weight excluding hydrogens is 461 g/mol. The summed E-state index contributed by atoms with van der Waals surface area (Å²) in [6.07, 6.45) is -5.01. The third kappa shape index (κ3) is 5.06. The van der Waals surface area contributed by atoms with Crippen molar-refractivity contribution >= 4 is 16.9 Å². The van der Waals surface area contributed by atoms with Crippen molar-refractivity contribution in [1.29, 1.82) is 0 Å². The van der Waals surface area contributed by atoms with Crippen LogP contribution in [0.1, 0.15) is 47.0 Å². The SMILES string of the molecule is Cc1ccc(C(=O)Oc2ccc3c(=O)c(Oc4ccccc4C(C)C)c(C(F)(F)F)oc3c2)cc1. The summed E-state index contributed by atoms with van der Waals surface area (Å²) in [5, 5.41) is -0.148. The standard InChI is InChI=1S/C27H21F3O5/c1-15(2)19-6-4-5-7-21(19)34-24-23(31)20-13-12-18(14-22(20)35-25(24)27(28,29)30)33-26(32)17-10-8-16(3)9-11-17/h4-15H,1-3H3. The van der Waals surface area contributed by atoms with Crippen molar-refractivity contribution in [1.82, 2.24) is 0 Å². The monoisotopic (exact) mass is 482 g/mol. The van der Waals surface area contributed by atoms with Gasteiger partial charge in [0.1, 0.15) is 17.1 Å². The highest BCUT2D eigenvalue weighted by molar-refractivity contribution is 5.91. The summed E-state index contributed by atoms with van der Waals surface area (Å²) in [4.78, 5) is 25.5. The topological polar surface area (TPSA) is 65.7 Å². The highest BCUT2D eigenvalue weighted by Gasteiger charge is 2.40. The van der Waals surface area contributed by atoms with Gasteiger partial charge in [-0.25, -0.2) is 4.79 Å². The molecule has 0 aliphatic rings. The van der Waals surface area contributed by atoms with Crippen LogP contribution in [0.4, 0.5) is 13.2 Å². The molecule has 180 valence electrons. The van der Waals surface area contributed by atoms with Crippen LogP contribution in [-0.2, 0) is 6.18 Å². The average molecular weight is 482 g/mol. The van der Waals surface area contributed by atoms with Crippen molar-refractivity contribution in [2.24, 2.45) is 0 Å². The van der Waals surface area contributed by atoms with Crippen LogP contribution in [0.3, 0.4) is 0 Å². The van der Waals surface area contributed by atoms with Crippen molar-refractivity contribution in [2.45, 2.75) is 32.9 Å². The van der Waals surface area contributed by atoms with Gasteiger partial charge in [0, 0.05) is 6.07 Å². The molecule has 3 aromatic carbocycles. The van der Waals surface area contributed by atoms with Crippen molar-refractivity contribution in [3.05, 3.63) is 99.4 Å². The molecule has 1 aromatic heterocycles. The van der Waals surface area contributed by atoms with Gasteiger partial charge in [-0.2, -0.15) is 13.2 Å². The molecule has 4 aromatic rings. The Morgan fingerprint density at radius 3 is 2.31 bits per heavy atom. The van der Waals surface area contributed by atoms with E-state index in [0.29, 0.717) is 5.56 Å². The number of carbonyl (C=O) groups excluding carboxylic acids is 1. The number of ether oxygens (including phenoxy) is 2. The molecular formula is C27H21F3O5. The van der Waals surface area contributed by atoms with Crippen molar-refractivity contribution in [3.63, 3.8) is 0 Å². The van der Waals surface area contributed by atoms with Crippen LogP contribution in [0.15, 0.2) is 75.9 Å². The lowest BCUT2D eigenvalue weighted by molar-refractivity contribution is -0.154. The molecule has 0 N–H and O–H groups in total. The minimum atomic E-state index is -5.01. The molecule has 1 heterocycles. The maximum absolute atomic E-state index is 13.9. The van der Waals surface area contributed by atoms with Crippen LogP contribution >= 0.6 is 0 Å². The normalized spacial score (nSPS) is 11.6. The van der Waals surface area contributed by atoms with Crippen LogP contribution in [-0.4, -0.2) is 5.97 Å². The van der Waals surface area contributed by atoms with E-state index < -0.39 is 29.1 Å². The summed E-state index contributed by atoms with van der Waals surface area (Å²) in [6, 6.07) is 16.8. The summed E-state index contributed by atoms with van der Waals surface area (Å²) < 4.78 is 57.6. The quantitative estimate of drug-likeness (QED) is 0.221. The van der Waals surface area contributed by atoms with E-state index in [0.717, 1.165) is 11.6 Å². The minimum Gasteiger partial charge on any atom is -0.449 e. The van der Waals surface area contributed by atoms with Gasteiger partial charge >= 0.3 is 12.1 Å².